The van der Waals surface area contributed by atoms with Crippen molar-refractivity contribution in [2.24, 2.45) is 0 Å². The minimum atomic E-state index is -2.11. The van der Waals surface area contributed by atoms with Gasteiger partial charge in [-0.3, -0.25) is 9.59 Å². The minimum absolute atomic E-state index is 0.109. The molecule has 112 valence electrons. The molecule has 0 bridgehead atoms. The first-order chi connectivity index (χ1) is 10.3. The Morgan fingerprint density at radius 1 is 0.591 bits per heavy atom. The molecule has 0 saturated carbocycles. The number of fused-ring (bicyclic) bond motifs is 2. The lowest BCUT2D eigenvalue weighted by molar-refractivity contribution is 0.0968. The summed E-state index contributed by atoms with van der Waals surface area (Å²) in [5.41, 5.74) is -1.59. The zero-order valence-corrected chi connectivity index (χ0v) is 11.5. The maximum atomic E-state index is 13.9. The maximum absolute atomic E-state index is 13.9. The first-order valence-corrected chi connectivity index (χ1v) is 6.32. The van der Waals surface area contributed by atoms with Gasteiger partial charge in [0.25, 0.3) is 0 Å². The maximum Gasteiger partial charge on any atom is 0.198 e. The lowest BCUT2D eigenvalue weighted by atomic mass is 9.79. The van der Waals surface area contributed by atoms with E-state index in [-0.39, 0.29) is 11.1 Å². The Labute approximate surface area is 122 Å². The highest BCUT2D eigenvalue weighted by atomic mass is 19.2. The number of ketones is 2. The third-order valence-corrected chi connectivity index (χ3v) is 3.80. The molecule has 0 aliphatic heterocycles. The summed E-state index contributed by atoms with van der Waals surface area (Å²) in [6, 6.07) is 3.08. The number of hydrogen-bond acceptors (Lipinski definition) is 2. The van der Waals surface area contributed by atoms with Crippen molar-refractivity contribution in [2.75, 3.05) is 0 Å². The van der Waals surface area contributed by atoms with Crippen LogP contribution in [0.25, 0.3) is 0 Å². The van der Waals surface area contributed by atoms with Crippen molar-refractivity contribution < 1.29 is 27.2 Å². The summed E-state index contributed by atoms with van der Waals surface area (Å²) in [5, 5.41) is 0. The van der Waals surface area contributed by atoms with Gasteiger partial charge in [0, 0.05) is 11.1 Å². The van der Waals surface area contributed by atoms with Crippen molar-refractivity contribution in [1.29, 1.82) is 0 Å². The second-order valence-electron chi connectivity index (χ2n) is 5.11. The predicted molar refractivity (Wildman–Crippen MR) is 69.1 cm³/mol. The largest absolute Gasteiger partial charge is 0.288 e. The molecule has 2 aromatic carbocycles. The molecule has 0 atom stereocenters. The van der Waals surface area contributed by atoms with Crippen LogP contribution in [-0.2, 0) is 0 Å². The van der Waals surface area contributed by atoms with Gasteiger partial charge in [-0.2, -0.15) is 0 Å². The van der Waals surface area contributed by atoms with Gasteiger partial charge < -0.3 is 0 Å². The molecule has 2 aromatic rings. The van der Waals surface area contributed by atoms with Crippen molar-refractivity contribution in [3.05, 3.63) is 68.8 Å². The molecule has 0 spiro atoms. The molecule has 0 unspecified atom stereocenters. The molecular weight excluding hydrogens is 300 g/mol. The molecule has 0 radical (unpaired) electrons. The average Bonchev–Trinajstić information content (AvgIpc) is 2.48. The number of aryl methyl sites for hydroxylation is 2. The van der Waals surface area contributed by atoms with Crippen molar-refractivity contribution in [2.45, 2.75) is 13.8 Å². The Balaban J connectivity index is 2.50. The quantitative estimate of drug-likeness (QED) is 0.361. The summed E-state index contributed by atoms with van der Waals surface area (Å²) in [6.07, 6.45) is 0. The average molecular weight is 308 g/mol. The standard InChI is InChI=1S/C16H8F4O2/c1-5-3-4-6(2)8-7(5)15(21)9-10(16(8)22)12(18)14(20)13(19)11(9)17/h3-4H,1-2H3. The molecule has 0 aromatic heterocycles. The van der Waals surface area contributed by atoms with Crippen LogP contribution in [0.5, 0.6) is 0 Å². The Kier molecular flexibility index (Phi) is 2.95. The molecule has 0 fully saturated rings. The smallest absolute Gasteiger partial charge is 0.198 e. The minimum Gasteiger partial charge on any atom is -0.288 e. The monoisotopic (exact) mass is 308 g/mol. The Morgan fingerprint density at radius 2 is 0.909 bits per heavy atom. The second kappa shape index (κ2) is 4.50. The van der Waals surface area contributed by atoms with E-state index in [2.05, 4.69) is 0 Å². The number of benzene rings is 2. The molecule has 22 heavy (non-hydrogen) atoms. The van der Waals surface area contributed by atoms with Crippen LogP contribution in [0.1, 0.15) is 43.0 Å². The molecule has 0 heterocycles. The van der Waals surface area contributed by atoms with E-state index in [1.165, 1.54) is 13.8 Å². The van der Waals surface area contributed by atoms with Crippen LogP contribution in [0.3, 0.4) is 0 Å². The predicted octanol–water partition coefficient (Wildman–Crippen LogP) is 3.64. The van der Waals surface area contributed by atoms with Gasteiger partial charge in [-0.1, -0.05) is 12.1 Å². The lowest BCUT2D eigenvalue weighted by Crippen LogP contribution is -2.27. The lowest BCUT2D eigenvalue weighted by Gasteiger charge is -2.22. The van der Waals surface area contributed by atoms with Crippen molar-refractivity contribution in [3.63, 3.8) is 0 Å². The summed E-state index contributed by atoms with van der Waals surface area (Å²) < 4.78 is 54.6. The summed E-state index contributed by atoms with van der Waals surface area (Å²) in [7, 11) is 0. The van der Waals surface area contributed by atoms with Gasteiger partial charge >= 0.3 is 0 Å². The van der Waals surface area contributed by atoms with Gasteiger partial charge in [-0.05, 0) is 25.0 Å². The Hall–Kier alpha value is -2.50. The molecular formula is C16H8F4O2. The first kappa shape index (κ1) is 14.4. The van der Waals surface area contributed by atoms with E-state index < -0.39 is 46.0 Å². The van der Waals surface area contributed by atoms with E-state index in [0.29, 0.717) is 11.1 Å². The SMILES string of the molecule is Cc1ccc(C)c2c1C(=O)c1c(F)c(F)c(F)c(F)c1C2=O. The molecule has 2 nitrogen and oxygen atoms in total. The second-order valence-corrected chi connectivity index (χ2v) is 5.11. The summed E-state index contributed by atoms with van der Waals surface area (Å²) >= 11 is 0. The number of hydrogen-bond donors (Lipinski definition) is 0. The van der Waals surface area contributed by atoms with Gasteiger partial charge in [0.1, 0.15) is 0 Å². The molecule has 6 heteroatoms. The van der Waals surface area contributed by atoms with Gasteiger partial charge in [0.05, 0.1) is 11.1 Å². The molecule has 0 N–H and O–H groups in total. The zero-order valence-electron chi connectivity index (χ0n) is 11.5. The van der Waals surface area contributed by atoms with Crippen LogP contribution in [-0.4, -0.2) is 11.6 Å². The van der Waals surface area contributed by atoms with E-state index in [9.17, 15) is 27.2 Å². The number of carbonyl (C=O) groups excluding carboxylic acids is 2. The van der Waals surface area contributed by atoms with E-state index in [4.69, 9.17) is 0 Å². The summed E-state index contributed by atoms with van der Waals surface area (Å²) in [4.78, 5) is 24.8. The third-order valence-electron chi connectivity index (χ3n) is 3.80. The van der Waals surface area contributed by atoms with Gasteiger partial charge in [0.2, 0.25) is 0 Å². The van der Waals surface area contributed by atoms with Crippen molar-refractivity contribution in [3.8, 4) is 0 Å². The van der Waals surface area contributed by atoms with Crippen LogP contribution in [0.2, 0.25) is 0 Å². The highest BCUT2D eigenvalue weighted by Crippen LogP contribution is 2.35. The van der Waals surface area contributed by atoms with Crippen LogP contribution in [0.4, 0.5) is 17.6 Å². The highest BCUT2D eigenvalue weighted by molar-refractivity contribution is 6.29. The Bertz CT molecular complexity index is 813. The normalized spacial score (nSPS) is 13.2. The van der Waals surface area contributed by atoms with Crippen LogP contribution in [0.15, 0.2) is 12.1 Å². The molecule has 3 rings (SSSR count). The fourth-order valence-electron chi connectivity index (χ4n) is 2.70. The molecule has 0 amide bonds. The van der Waals surface area contributed by atoms with E-state index in [1.54, 1.807) is 12.1 Å². The fourth-order valence-corrected chi connectivity index (χ4v) is 2.70. The van der Waals surface area contributed by atoms with Crippen LogP contribution in [0, 0.1) is 37.1 Å². The van der Waals surface area contributed by atoms with Gasteiger partial charge in [-0.25, -0.2) is 17.6 Å². The van der Waals surface area contributed by atoms with Crippen LogP contribution >= 0.6 is 0 Å². The number of rotatable bonds is 0. The Morgan fingerprint density at radius 3 is 1.23 bits per heavy atom. The first-order valence-electron chi connectivity index (χ1n) is 6.32. The van der Waals surface area contributed by atoms with Crippen LogP contribution < -0.4 is 0 Å². The van der Waals surface area contributed by atoms with E-state index in [0.717, 1.165) is 0 Å². The highest BCUT2D eigenvalue weighted by Gasteiger charge is 2.40. The number of halogens is 4. The van der Waals surface area contributed by atoms with E-state index >= 15 is 0 Å². The molecule has 1 aliphatic carbocycles. The number of carbonyl (C=O) groups is 2. The van der Waals surface area contributed by atoms with E-state index in [1.807, 2.05) is 0 Å². The topological polar surface area (TPSA) is 34.1 Å². The third kappa shape index (κ3) is 1.60. The fraction of sp³-hybridized carbons (Fsp3) is 0.125. The van der Waals surface area contributed by atoms with Crippen molar-refractivity contribution in [1.82, 2.24) is 0 Å². The summed E-state index contributed by atoms with van der Waals surface area (Å²) in [5.74, 6) is -9.96. The summed E-state index contributed by atoms with van der Waals surface area (Å²) in [6.45, 7) is 3.03. The molecule has 1 aliphatic rings. The van der Waals surface area contributed by atoms with Gasteiger partial charge in [0.15, 0.2) is 34.8 Å². The van der Waals surface area contributed by atoms with Gasteiger partial charge in [-0.15, -0.1) is 0 Å². The molecule has 0 saturated heterocycles. The zero-order chi connectivity index (χ0) is 16.3. The van der Waals surface area contributed by atoms with Crippen molar-refractivity contribution >= 4 is 11.6 Å².